The van der Waals surface area contributed by atoms with Crippen LogP contribution in [0.3, 0.4) is 0 Å². The highest BCUT2D eigenvalue weighted by molar-refractivity contribution is 5.91. The predicted octanol–water partition coefficient (Wildman–Crippen LogP) is 3.12. The molecule has 1 N–H and O–H groups in total. The molecule has 0 radical (unpaired) electrons. The standard InChI is InChI=1S/C19H19F3N2O4/c1-24(2)15-7-3-13(4-8-15)11-23-17(25)12-27-18(26)14-5-9-16(10-6-14)28-19(20,21)22/h3-10H,11-12H2,1-2H3,(H,23,25). The molecule has 0 atom stereocenters. The van der Waals surface area contributed by atoms with E-state index in [2.05, 4.69) is 10.1 Å². The Bertz CT molecular complexity index is 803. The summed E-state index contributed by atoms with van der Waals surface area (Å²) < 4.78 is 44.9. The SMILES string of the molecule is CN(C)c1ccc(CNC(=O)COC(=O)c2ccc(OC(F)(F)F)cc2)cc1. The predicted molar refractivity (Wildman–Crippen MR) is 96.0 cm³/mol. The number of ether oxygens (including phenoxy) is 2. The Morgan fingerprint density at radius 1 is 1.00 bits per heavy atom. The van der Waals surface area contributed by atoms with Gasteiger partial charge in [-0.3, -0.25) is 4.79 Å². The van der Waals surface area contributed by atoms with Gasteiger partial charge in [0.25, 0.3) is 5.91 Å². The van der Waals surface area contributed by atoms with Crippen molar-refractivity contribution in [1.82, 2.24) is 5.32 Å². The average molecular weight is 396 g/mol. The molecule has 2 aromatic rings. The summed E-state index contributed by atoms with van der Waals surface area (Å²) in [4.78, 5) is 25.6. The largest absolute Gasteiger partial charge is 0.573 e. The third kappa shape index (κ3) is 6.82. The molecule has 6 nitrogen and oxygen atoms in total. The number of amides is 1. The van der Waals surface area contributed by atoms with E-state index in [0.717, 1.165) is 35.5 Å². The highest BCUT2D eigenvalue weighted by atomic mass is 19.4. The van der Waals surface area contributed by atoms with Crippen molar-refractivity contribution < 1.29 is 32.2 Å². The van der Waals surface area contributed by atoms with E-state index in [4.69, 9.17) is 4.74 Å². The number of alkyl halides is 3. The van der Waals surface area contributed by atoms with Crippen LogP contribution in [-0.4, -0.2) is 38.9 Å². The van der Waals surface area contributed by atoms with Crippen LogP contribution in [0.15, 0.2) is 48.5 Å². The van der Waals surface area contributed by atoms with E-state index < -0.39 is 30.6 Å². The van der Waals surface area contributed by atoms with Gasteiger partial charge in [0.2, 0.25) is 0 Å². The van der Waals surface area contributed by atoms with E-state index in [-0.39, 0.29) is 12.1 Å². The highest BCUT2D eigenvalue weighted by Crippen LogP contribution is 2.22. The van der Waals surface area contributed by atoms with Gasteiger partial charge in [-0.25, -0.2) is 4.79 Å². The fourth-order valence-corrected chi connectivity index (χ4v) is 2.17. The lowest BCUT2D eigenvalue weighted by molar-refractivity contribution is -0.274. The number of hydrogen-bond acceptors (Lipinski definition) is 5. The van der Waals surface area contributed by atoms with Crippen LogP contribution in [0.2, 0.25) is 0 Å². The van der Waals surface area contributed by atoms with E-state index in [1.165, 1.54) is 0 Å². The van der Waals surface area contributed by atoms with E-state index in [9.17, 15) is 22.8 Å². The average Bonchev–Trinajstić information content (AvgIpc) is 2.64. The lowest BCUT2D eigenvalue weighted by Crippen LogP contribution is -2.28. The molecule has 0 bridgehead atoms. The molecular formula is C19H19F3N2O4. The van der Waals surface area contributed by atoms with Crippen molar-refractivity contribution in [2.45, 2.75) is 12.9 Å². The normalized spacial score (nSPS) is 10.9. The van der Waals surface area contributed by atoms with Crippen LogP contribution in [0.5, 0.6) is 5.75 Å². The van der Waals surface area contributed by atoms with Crippen LogP contribution in [0.25, 0.3) is 0 Å². The molecule has 0 heterocycles. The number of carbonyl (C=O) groups excluding carboxylic acids is 2. The summed E-state index contributed by atoms with van der Waals surface area (Å²) in [6, 6.07) is 11.8. The van der Waals surface area contributed by atoms with Crippen LogP contribution in [0, 0.1) is 0 Å². The number of nitrogens with one attached hydrogen (secondary N) is 1. The minimum absolute atomic E-state index is 0.00148. The quantitative estimate of drug-likeness (QED) is 0.729. The van der Waals surface area contributed by atoms with E-state index in [0.29, 0.717) is 0 Å². The minimum atomic E-state index is -4.81. The zero-order valence-corrected chi connectivity index (χ0v) is 15.2. The van der Waals surface area contributed by atoms with Crippen molar-refractivity contribution >= 4 is 17.6 Å². The van der Waals surface area contributed by atoms with Crippen molar-refractivity contribution in [2.24, 2.45) is 0 Å². The molecule has 0 aromatic heterocycles. The Morgan fingerprint density at radius 3 is 2.14 bits per heavy atom. The number of hydrogen-bond donors (Lipinski definition) is 1. The molecule has 0 aliphatic heterocycles. The molecule has 0 spiro atoms. The first-order valence-corrected chi connectivity index (χ1v) is 8.20. The summed E-state index contributed by atoms with van der Waals surface area (Å²) in [5.41, 5.74) is 1.91. The lowest BCUT2D eigenvalue weighted by Gasteiger charge is -2.13. The molecule has 0 aliphatic rings. The second-order valence-electron chi connectivity index (χ2n) is 5.99. The first-order chi connectivity index (χ1) is 13.1. The highest BCUT2D eigenvalue weighted by Gasteiger charge is 2.31. The number of nitrogens with zero attached hydrogens (tertiary/aromatic N) is 1. The van der Waals surface area contributed by atoms with Crippen LogP contribution in [0.4, 0.5) is 18.9 Å². The Labute approximate surface area is 159 Å². The first-order valence-electron chi connectivity index (χ1n) is 8.20. The topological polar surface area (TPSA) is 67.9 Å². The fraction of sp³-hybridized carbons (Fsp3) is 0.263. The summed E-state index contributed by atoms with van der Waals surface area (Å²) in [7, 11) is 3.84. The van der Waals surface area contributed by atoms with Crippen molar-refractivity contribution in [2.75, 3.05) is 25.6 Å². The Morgan fingerprint density at radius 2 is 1.61 bits per heavy atom. The van der Waals surface area contributed by atoms with Crippen molar-refractivity contribution in [1.29, 1.82) is 0 Å². The van der Waals surface area contributed by atoms with Gasteiger partial charge < -0.3 is 19.7 Å². The number of carbonyl (C=O) groups is 2. The summed E-state index contributed by atoms with van der Waals surface area (Å²) in [5.74, 6) is -1.78. The smallest absolute Gasteiger partial charge is 0.452 e. The molecule has 0 fully saturated rings. The molecule has 0 saturated heterocycles. The minimum Gasteiger partial charge on any atom is -0.452 e. The number of halogens is 3. The van der Waals surface area contributed by atoms with E-state index in [1.54, 1.807) is 0 Å². The molecule has 2 rings (SSSR count). The molecule has 0 saturated carbocycles. The Hall–Kier alpha value is -3.23. The fourth-order valence-electron chi connectivity index (χ4n) is 2.17. The van der Waals surface area contributed by atoms with Gasteiger partial charge in [-0.05, 0) is 42.0 Å². The monoisotopic (exact) mass is 396 g/mol. The molecule has 28 heavy (non-hydrogen) atoms. The summed E-state index contributed by atoms with van der Waals surface area (Å²) in [6.45, 7) is -0.233. The number of anilines is 1. The van der Waals surface area contributed by atoms with Crippen LogP contribution in [0.1, 0.15) is 15.9 Å². The van der Waals surface area contributed by atoms with Crippen molar-refractivity contribution in [3.05, 3.63) is 59.7 Å². The summed E-state index contributed by atoms with van der Waals surface area (Å²) in [5, 5.41) is 2.61. The van der Waals surface area contributed by atoms with E-state index in [1.807, 2.05) is 43.3 Å². The zero-order valence-electron chi connectivity index (χ0n) is 15.2. The maximum atomic E-state index is 12.1. The van der Waals surface area contributed by atoms with Gasteiger partial charge in [-0.15, -0.1) is 13.2 Å². The Balaban J connectivity index is 1.78. The van der Waals surface area contributed by atoms with Gasteiger partial charge in [-0.1, -0.05) is 12.1 Å². The van der Waals surface area contributed by atoms with Crippen LogP contribution >= 0.6 is 0 Å². The maximum Gasteiger partial charge on any atom is 0.573 e. The summed E-state index contributed by atoms with van der Waals surface area (Å²) >= 11 is 0. The lowest BCUT2D eigenvalue weighted by atomic mass is 10.2. The molecule has 0 unspecified atom stereocenters. The van der Waals surface area contributed by atoms with Gasteiger partial charge >= 0.3 is 12.3 Å². The molecule has 0 aliphatic carbocycles. The molecule has 2 aromatic carbocycles. The van der Waals surface area contributed by atoms with Crippen LogP contribution < -0.4 is 15.0 Å². The van der Waals surface area contributed by atoms with Gasteiger partial charge in [-0.2, -0.15) is 0 Å². The van der Waals surface area contributed by atoms with Crippen LogP contribution in [-0.2, 0) is 16.1 Å². The Kier molecular flexibility index (Phi) is 6.86. The second kappa shape index (κ2) is 9.12. The molecule has 150 valence electrons. The van der Waals surface area contributed by atoms with Gasteiger partial charge in [0.1, 0.15) is 5.75 Å². The molecule has 1 amide bonds. The number of esters is 1. The third-order valence-corrected chi connectivity index (χ3v) is 3.60. The van der Waals surface area contributed by atoms with Crippen molar-refractivity contribution in [3.63, 3.8) is 0 Å². The zero-order chi connectivity index (χ0) is 20.7. The van der Waals surface area contributed by atoms with Gasteiger partial charge in [0.05, 0.1) is 5.56 Å². The van der Waals surface area contributed by atoms with Gasteiger partial charge in [0.15, 0.2) is 6.61 Å². The molecular weight excluding hydrogens is 377 g/mol. The number of benzene rings is 2. The molecule has 9 heteroatoms. The third-order valence-electron chi connectivity index (χ3n) is 3.60. The first kappa shape index (κ1) is 21.1. The number of rotatable bonds is 7. The summed E-state index contributed by atoms with van der Waals surface area (Å²) in [6.07, 6.45) is -4.81. The second-order valence-corrected chi connectivity index (χ2v) is 5.99. The van der Waals surface area contributed by atoms with Gasteiger partial charge in [0, 0.05) is 26.3 Å². The van der Waals surface area contributed by atoms with Crippen molar-refractivity contribution in [3.8, 4) is 5.75 Å². The maximum absolute atomic E-state index is 12.1. The van der Waals surface area contributed by atoms with E-state index >= 15 is 0 Å².